The quantitative estimate of drug-likeness (QED) is 0.616. The van der Waals surface area contributed by atoms with Crippen LogP contribution in [0.1, 0.15) is 27.0 Å². The van der Waals surface area contributed by atoms with E-state index in [1.54, 1.807) is 0 Å². The molecule has 0 saturated heterocycles. The minimum Gasteiger partial charge on any atom is -0.465 e. The van der Waals surface area contributed by atoms with Crippen LogP contribution in [0.5, 0.6) is 0 Å². The van der Waals surface area contributed by atoms with Crippen molar-refractivity contribution in [3.8, 4) is 6.07 Å². The van der Waals surface area contributed by atoms with Crippen molar-refractivity contribution in [2.24, 2.45) is 0 Å². The molecule has 0 saturated carbocycles. The van der Waals surface area contributed by atoms with Crippen molar-refractivity contribution in [2.75, 3.05) is 7.11 Å². The number of nitriles is 1. The number of carbonyl (C=O) groups is 1. The Balaban J connectivity index is 3.71. The highest BCUT2D eigenvalue weighted by atomic mass is 35.5. The first-order valence-corrected chi connectivity index (χ1v) is 5.17. The van der Waals surface area contributed by atoms with Gasteiger partial charge in [0, 0.05) is 5.88 Å². The maximum Gasteiger partial charge on any atom is 0.417 e. The van der Waals surface area contributed by atoms with Crippen molar-refractivity contribution < 1.29 is 22.7 Å². The van der Waals surface area contributed by atoms with Crippen LogP contribution in [-0.2, 0) is 16.8 Å². The van der Waals surface area contributed by atoms with Crippen molar-refractivity contribution in [3.63, 3.8) is 0 Å². The average molecular weight is 278 g/mol. The number of hydrogen-bond donors (Lipinski definition) is 0. The maximum absolute atomic E-state index is 12.9. The molecule has 0 atom stereocenters. The van der Waals surface area contributed by atoms with Crippen molar-refractivity contribution in [1.82, 2.24) is 0 Å². The van der Waals surface area contributed by atoms with E-state index in [9.17, 15) is 18.0 Å². The predicted molar refractivity (Wildman–Crippen MR) is 57.1 cm³/mol. The maximum atomic E-state index is 12.9. The van der Waals surface area contributed by atoms with Crippen LogP contribution in [0.3, 0.4) is 0 Å². The third-order valence-electron chi connectivity index (χ3n) is 2.23. The lowest BCUT2D eigenvalue weighted by molar-refractivity contribution is -0.138. The molecule has 0 aliphatic rings. The molecule has 18 heavy (non-hydrogen) atoms. The van der Waals surface area contributed by atoms with E-state index in [-0.39, 0.29) is 5.56 Å². The van der Waals surface area contributed by atoms with Crippen molar-refractivity contribution in [1.29, 1.82) is 5.26 Å². The third kappa shape index (κ3) is 2.57. The first-order valence-electron chi connectivity index (χ1n) is 4.64. The summed E-state index contributed by atoms with van der Waals surface area (Å²) in [6.07, 6.45) is -4.79. The molecule has 1 aromatic rings. The fourth-order valence-electron chi connectivity index (χ4n) is 1.49. The lowest BCUT2D eigenvalue weighted by Crippen LogP contribution is -2.18. The van der Waals surface area contributed by atoms with Crippen LogP contribution >= 0.6 is 11.6 Å². The lowest BCUT2D eigenvalue weighted by atomic mass is 9.96. The van der Waals surface area contributed by atoms with Crippen LogP contribution < -0.4 is 0 Å². The van der Waals surface area contributed by atoms with Gasteiger partial charge in [-0.1, -0.05) is 6.07 Å². The standard InChI is InChI=1S/C11H7ClF3NO2/c1-18-10(17)8-7(5-16)3-2-6(4-12)9(8)11(13,14)15/h2-3H,4H2,1H3. The first-order chi connectivity index (χ1) is 8.36. The lowest BCUT2D eigenvalue weighted by Gasteiger charge is -2.16. The van der Waals surface area contributed by atoms with E-state index in [0.717, 1.165) is 19.2 Å². The van der Waals surface area contributed by atoms with E-state index in [4.69, 9.17) is 16.9 Å². The SMILES string of the molecule is COC(=O)c1c(C#N)ccc(CCl)c1C(F)(F)F. The summed E-state index contributed by atoms with van der Waals surface area (Å²) in [5.41, 5.74) is -2.69. The van der Waals surface area contributed by atoms with E-state index in [2.05, 4.69) is 4.74 Å². The van der Waals surface area contributed by atoms with Crippen LogP contribution in [-0.4, -0.2) is 13.1 Å². The molecule has 96 valence electrons. The van der Waals surface area contributed by atoms with Crippen LogP contribution in [0.15, 0.2) is 12.1 Å². The van der Waals surface area contributed by atoms with Crippen LogP contribution in [0.25, 0.3) is 0 Å². The van der Waals surface area contributed by atoms with Crippen LogP contribution in [0.4, 0.5) is 13.2 Å². The molecule has 0 amide bonds. The molecule has 0 unspecified atom stereocenters. The molecule has 0 N–H and O–H groups in total. The molecular formula is C11H7ClF3NO2. The van der Waals surface area contributed by atoms with Gasteiger partial charge in [-0.25, -0.2) is 4.79 Å². The van der Waals surface area contributed by atoms with Gasteiger partial charge >= 0.3 is 12.1 Å². The predicted octanol–water partition coefficient (Wildman–Crippen LogP) is 3.10. The Kier molecular flexibility index (Phi) is 4.19. The van der Waals surface area contributed by atoms with Crippen LogP contribution in [0.2, 0.25) is 0 Å². The molecular weight excluding hydrogens is 271 g/mol. The monoisotopic (exact) mass is 277 g/mol. The molecule has 1 aromatic carbocycles. The van der Waals surface area contributed by atoms with Crippen molar-refractivity contribution in [2.45, 2.75) is 12.1 Å². The summed E-state index contributed by atoms with van der Waals surface area (Å²) in [6.45, 7) is 0. The van der Waals surface area contributed by atoms with Gasteiger partial charge in [0.1, 0.15) is 6.07 Å². The summed E-state index contributed by atoms with van der Waals surface area (Å²) >= 11 is 5.42. The molecule has 0 aromatic heterocycles. The van der Waals surface area contributed by atoms with Crippen LogP contribution in [0, 0.1) is 11.3 Å². The molecule has 0 fully saturated rings. The number of nitrogens with zero attached hydrogens (tertiary/aromatic N) is 1. The minimum absolute atomic E-state index is 0.274. The zero-order valence-corrected chi connectivity index (χ0v) is 9.89. The van der Waals surface area contributed by atoms with Gasteiger partial charge < -0.3 is 4.74 Å². The fraction of sp³-hybridized carbons (Fsp3) is 0.273. The molecule has 0 bridgehead atoms. The fourth-order valence-corrected chi connectivity index (χ4v) is 1.71. The number of hydrogen-bond acceptors (Lipinski definition) is 3. The van der Waals surface area contributed by atoms with Gasteiger partial charge in [0.25, 0.3) is 0 Å². The number of benzene rings is 1. The van der Waals surface area contributed by atoms with E-state index in [0.29, 0.717) is 0 Å². The number of rotatable bonds is 2. The molecule has 0 aliphatic carbocycles. The Morgan fingerprint density at radius 2 is 2.11 bits per heavy atom. The number of methoxy groups -OCH3 is 1. The summed E-state index contributed by atoms with van der Waals surface area (Å²) in [4.78, 5) is 11.4. The number of carbonyl (C=O) groups excluding carboxylic acids is 1. The molecule has 0 aliphatic heterocycles. The zero-order chi connectivity index (χ0) is 13.9. The molecule has 0 spiro atoms. The third-order valence-corrected chi connectivity index (χ3v) is 2.52. The highest BCUT2D eigenvalue weighted by Gasteiger charge is 2.39. The van der Waals surface area contributed by atoms with Gasteiger partial charge in [-0.3, -0.25) is 0 Å². The zero-order valence-electron chi connectivity index (χ0n) is 9.14. The molecule has 3 nitrogen and oxygen atoms in total. The largest absolute Gasteiger partial charge is 0.465 e. The summed E-state index contributed by atoms with van der Waals surface area (Å²) in [6, 6.07) is 3.71. The summed E-state index contributed by atoms with van der Waals surface area (Å²) in [7, 11) is 0.941. The Morgan fingerprint density at radius 3 is 2.50 bits per heavy atom. The summed E-state index contributed by atoms with van der Waals surface area (Å²) in [5, 5.41) is 8.76. The van der Waals surface area contributed by atoms with Gasteiger partial charge in [0.15, 0.2) is 0 Å². The van der Waals surface area contributed by atoms with Gasteiger partial charge in [0.05, 0.1) is 23.8 Å². The first kappa shape index (κ1) is 14.3. The second kappa shape index (κ2) is 5.27. The number of halogens is 4. The van der Waals surface area contributed by atoms with Crippen molar-refractivity contribution in [3.05, 3.63) is 34.4 Å². The van der Waals surface area contributed by atoms with Gasteiger partial charge in [0.2, 0.25) is 0 Å². The highest BCUT2D eigenvalue weighted by Crippen LogP contribution is 2.37. The van der Waals surface area contributed by atoms with E-state index < -0.39 is 34.7 Å². The summed E-state index contributed by atoms with van der Waals surface area (Å²) < 4.78 is 43.1. The second-order valence-corrected chi connectivity index (χ2v) is 3.52. The smallest absolute Gasteiger partial charge is 0.417 e. The number of esters is 1. The number of ether oxygens (including phenoxy) is 1. The minimum atomic E-state index is -4.79. The molecule has 7 heteroatoms. The van der Waals surface area contributed by atoms with E-state index in [1.165, 1.54) is 6.07 Å². The van der Waals surface area contributed by atoms with Gasteiger partial charge in [-0.15, -0.1) is 11.6 Å². The Labute approximate surface area is 106 Å². The molecule has 0 heterocycles. The Morgan fingerprint density at radius 1 is 1.50 bits per heavy atom. The second-order valence-electron chi connectivity index (χ2n) is 3.26. The van der Waals surface area contributed by atoms with E-state index >= 15 is 0 Å². The highest BCUT2D eigenvalue weighted by molar-refractivity contribution is 6.17. The molecule has 0 radical (unpaired) electrons. The van der Waals surface area contributed by atoms with E-state index in [1.807, 2.05) is 0 Å². The molecule has 1 rings (SSSR count). The Bertz CT molecular complexity index is 520. The topological polar surface area (TPSA) is 50.1 Å². The average Bonchev–Trinajstić information content (AvgIpc) is 2.34. The van der Waals surface area contributed by atoms with Gasteiger partial charge in [-0.05, 0) is 11.6 Å². The Hall–Kier alpha value is -1.74. The summed E-state index contributed by atoms with van der Waals surface area (Å²) in [5.74, 6) is -1.64. The van der Waals surface area contributed by atoms with Gasteiger partial charge in [-0.2, -0.15) is 18.4 Å². The van der Waals surface area contributed by atoms with Crippen molar-refractivity contribution >= 4 is 17.6 Å². The number of alkyl halides is 4. The normalized spacial score (nSPS) is 10.9.